The highest BCUT2D eigenvalue weighted by atomic mass is 31.2. The summed E-state index contributed by atoms with van der Waals surface area (Å²) in [4.78, 5) is 38.0. The Morgan fingerprint density at radius 3 is 2.64 bits per heavy atom. The third-order valence-electron chi connectivity index (χ3n) is 4.89. The zero-order chi connectivity index (χ0) is 24.0. The second-order valence-electron chi connectivity index (χ2n) is 8.17. The number of nitrogens with one attached hydrogen (secondary N) is 2. The summed E-state index contributed by atoms with van der Waals surface area (Å²) in [5.74, 6) is 0.219. The molecule has 5 atom stereocenters. The molecular formula is C22H30N3O7P. The molecule has 1 saturated heterocycles. The molecule has 0 aliphatic carbocycles. The van der Waals surface area contributed by atoms with Crippen molar-refractivity contribution in [2.24, 2.45) is 5.92 Å². The number of esters is 1. The molecule has 33 heavy (non-hydrogen) atoms. The predicted octanol–water partition coefficient (Wildman–Crippen LogP) is 2.71. The van der Waals surface area contributed by atoms with Crippen LogP contribution in [0.1, 0.15) is 40.3 Å². The number of carbonyl (C=O) groups is 1. The topological polar surface area (TPSA) is 121 Å². The highest BCUT2D eigenvalue weighted by Gasteiger charge is 2.35. The van der Waals surface area contributed by atoms with Gasteiger partial charge in [0, 0.05) is 18.2 Å². The molecule has 3 rings (SSSR count). The molecule has 0 amide bonds. The molecule has 2 aromatic rings. The number of hydrogen-bond acceptors (Lipinski definition) is 8. The minimum absolute atomic E-state index is 0.0244. The fraction of sp³-hybridized carbons (Fsp3) is 0.500. The zero-order valence-corrected chi connectivity index (χ0v) is 20.0. The van der Waals surface area contributed by atoms with Crippen LogP contribution < -0.4 is 20.9 Å². The van der Waals surface area contributed by atoms with Crippen molar-refractivity contribution in [3.05, 3.63) is 63.4 Å². The fourth-order valence-electron chi connectivity index (χ4n) is 3.36. The van der Waals surface area contributed by atoms with Gasteiger partial charge in [-0.05, 0) is 39.3 Å². The maximum absolute atomic E-state index is 12.2. The van der Waals surface area contributed by atoms with Crippen molar-refractivity contribution in [1.82, 2.24) is 14.6 Å². The van der Waals surface area contributed by atoms with Gasteiger partial charge in [-0.2, -0.15) is 0 Å². The lowest BCUT2D eigenvalue weighted by Crippen LogP contribution is -2.35. The van der Waals surface area contributed by atoms with Gasteiger partial charge < -0.3 is 18.5 Å². The van der Waals surface area contributed by atoms with Crippen molar-refractivity contribution in [3.8, 4) is 5.75 Å². The highest BCUT2D eigenvalue weighted by Crippen LogP contribution is 2.39. The molecule has 0 spiro atoms. The van der Waals surface area contributed by atoms with Crippen LogP contribution in [0.25, 0.3) is 0 Å². The van der Waals surface area contributed by atoms with Gasteiger partial charge in [0.05, 0.1) is 18.8 Å². The van der Waals surface area contributed by atoms with Gasteiger partial charge in [-0.25, -0.2) is 9.88 Å². The lowest BCUT2D eigenvalue weighted by molar-refractivity contribution is -0.149. The average molecular weight is 479 g/mol. The first-order chi connectivity index (χ1) is 15.7. The van der Waals surface area contributed by atoms with E-state index in [1.54, 1.807) is 32.9 Å². The molecule has 0 bridgehead atoms. The Balaban J connectivity index is 1.64. The Kier molecular flexibility index (Phi) is 8.80. The molecule has 1 fully saturated rings. The molecule has 11 heteroatoms. The quantitative estimate of drug-likeness (QED) is 0.394. The third-order valence-corrected chi connectivity index (χ3v) is 6.25. The Bertz CT molecular complexity index is 1030. The van der Waals surface area contributed by atoms with E-state index in [2.05, 4.69) is 10.1 Å². The lowest BCUT2D eigenvalue weighted by Gasteiger charge is -2.23. The van der Waals surface area contributed by atoms with Crippen LogP contribution in [0.15, 0.2) is 52.2 Å². The van der Waals surface area contributed by atoms with Gasteiger partial charge in [-0.3, -0.25) is 19.1 Å². The maximum atomic E-state index is 12.2. The fourth-order valence-corrected chi connectivity index (χ4v) is 4.57. The second kappa shape index (κ2) is 11.6. The predicted molar refractivity (Wildman–Crippen MR) is 123 cm³/mol. The van der Waals surface area contributed by atoms with Crippen LogP contribution in [0, 0.1) is 5.92 Å². The van der Waals surface area contributed by atoms with Crippen LogP contribution in [0.5, 0.6) is 5.75 Å². The maximum Gasteiger partial charge on any atom is 0.330 e. The summed E-state index contributed by atoms with van der Waals surface area (Å²) in [5, 5.41) is 3.06. The summed E-state index contributed by atoms with van der Waals surface area (Å²) in [6, 6.07) is 9.79. The Morgan fingerprint density at radius 1 is 1.24 bits per heavy atom. The van der Waals surface area contributed by atoms with E-state index < -0.39 is 38.0 Å². The van der Waals surface area contributed by atoms with Gasteiger partial charge in [-0.15, -0.1) is 0 Å². The number of ether oxygens (including phenoxy) is 2. The molecule has 2 N–H and O–H groups in total. The minimum Gasteiger partial charge on any atom is -0.462 e. The number of nitrogens with zero attached hydrogens (tertiary/aromatic N) is 1. The largest absolute Gasteiger partial charge is 0.462 e. The van der Waals surface area contributed by atoms with Crippen molar-refractivity contribution < 1.29 is 23.3 Å². The summed E-state index contributed by atoms with van der Waals surface area (Å²) in [6.45, 7) is 7.41. The van der Waals surface area contributed by atoms with Gasteiger partial charge in [0.2, 0.25) is 0 Å². The number of benzene rings is 1. The number of carbonyl (C=O) groups excluding carboxylic acids is 1. The second-order valence-corrected chi connectivity index (χ2v) is 9.39. The summed E-state index contributed by atoms with van der Waals surface area (Å²) in [6.07, 6.45) is 1.03. The molecule has 1 aliphatic rings. The molecule has 0 saturated carbocycles. The van der Waals surface area contributed by atoms with Crippen molar-refractivity contribution in [1.29, 1.82) is 0 Å². The van der Waals surface area contributed by atoms with E-state index in [0.29, 0.717) is 12.2 Å². The molecule has 2 heterocycles. The normalized spacial score (nSPS) is 22.2. The van der Waals surface area contributed by atoms with E-state index in [-0.39, 0.29) is 24.7 Å². The minimum atomic E-state index is -1.69. The van der Waals surface area contributed by atoms with Crippen molar-refractivity contribution in [2.45, 2.75) is 58.6 Å². The van der Waals surface area contributed by atoms with Crippen LogP contribution in [0.3, 0.4) is 0 Å². The van der Waals surface area contributed by atoms with Gasteiger partial charge >= 0.3 is 20.2 Å². The molecule has 0 radical (unpaired) electrons. The first-order valence-corrected chi connectivity index (χ1v) is 12.0. The SMILES string of the molecule is CC(C)OC(=O)C(C)NP(OCC1CC(C)C(n2ccc(=O)[nH]c2=O)O1)Oc1ccccc1. The number of rotatable bonds is 10. The van der Waals surface area contributed by atoms with Crippen LogP contribution in [0.2, 0.25) is 0 Å². The smallest absolute Gasteiger partial charge is 0.330 e. The van der Waals surface area contributed by atoms with E-state index >= 15 is 0 Å². The standard InChI is InChI=1S/C22H30N3O7P/c1-14(2)30-21(27)16(4)24-33(32-17-8-6-5-7-9-17)29-13-18-12-15(3)20(31-18)25-11-10-19(26)23-22(25)28/h5-11,14-16,18,20,24H,12-13H2,1-4H3,(H,23,26,28). The van der Waals surface area contributed by atoms with Gasteiger partial charge in [-0.1, -0.05) is 25.1 Å². The van der Waals surface area contributed by atoms with Crippen LogP contribution >= 0.6 is 8.53 Å². The van der Waals surface area contributed by atoms with E-state index in [1.165, 1.54) is 16.8 Å². The first kappa shape index (κ1) is 25.1. The molecule has 180 valence electrons. The van der Waals surface area contributed by atoms with Crippen LogP contribution in [-0.4, -0.2) is 40.4 Å². The highest BCUT2D eigenvalue weighted by molar-refractivity contribution is 7.45. The van der Waals surface area contributed by atoms with E-state index in [4.69, 9.17) is 18.5 Å². The Morgan fingerprint density at radius 2 is 1.97 bits per heavy atom. The van der Waals surface area contributed by atoms with Crippen molar-refractivity contribution in [3.63, 3.8) is 0 Å². The monoisotopic (exact) mass is 479 g/mol. The average Bonchev–Trinajstić information content (AvgIpc) is 3.12. The summed E-state index contributed by atoms with van der Waals surface area (Å²) < 4.78 is 24.6. The van der Waals surface area contributed by atoms with Crippen LogP contribution in [-0.2, 0) is 18.8 Å². The summed E-state index contributed by atoms with van der Waals surface area (Å²) in [5.41, 5.74) is -0.976. The Hall–Kier alpha value is -2.52. The zero-order valence-electron chi connectivity index (χ0n) is 19.1. The van der Waals surface area contributed by atoms with E-state index in [0.717, 1.165) is 0 Å². The van der Waals surface area contributed by atoms with E-state index in [9.17, 15) is 14.4 Å². The van der Waals surface area contributed by atoms with Crippen LogP contribution in [0.4, 0.5) is 0 Å². The number of aromatic nitrogens is 2. The van der Waals surface area contributed by atoms with Crippen molar-refractivity contribution in [2.75, 3.05) is 6.61 Å². The number of H-pyrrole nitrogens is 1. The molecule has 1 aromatic carbocycles. The van der Waals surface area contributed by atoms with Gasteiger partial charge in [0.15, 0.2) is 0 Å². The summed E-state index contributed by atoms with van der Waals surface area (Å²) >= 11 is 0. The molecule has 1 aliphatic heterocycles. The summed E-state index contributed by atoms with van der Waals surface area (Å²) in [7, 11) is -1.69. The molecule has 1 aromatic heterocycles. The number of hydrogen-bond donors (Lipinski definition) is 2. The van der Waals surface area contributed by atoms with Crippen molar-refractivity contribution >= 4 is 14.5 Å². The number of para-hydroxylation sites is 1. The molecule has 5 unspecified atom stereocenters. The third kappa shape index (κ3) is 7.23. The molecule has 10 nitrogen and oxygen atoms in total. The lowest BCUT2D eigenvalue weighted by atomic mass is 10.1. The first-order valence-electron chi connectivity index (χ1n) is 10.8. The van der Waals surface area contributed by atoms with E-state index in [1.807, 2.05) is 25.1 Å². The van der Waals surface area contributed by atoms with Gasteiger partial charge in [0.25, 0.3) is 5.56 Å². The van der Waals surface area contributed by atoms with Gasteiger partial charge in [0.1, 0.15) is 18.0 Å². The molecular weight excluding hydrogens is 449 g/mol. The number of aromatic amines is 1. The Labute approximate surface area is 193 Å².